The van der Waals surface area contributed by atoms with Gasteiger partial charge in [-0.05, 0) is 27.7 Å². The Morgan fingerprint density at radius 3 is 2.17 bits per heavy atom. The molecule has 0 unspecified atom stereocenters. The summed E-state index contributed by atoms with van der Waals surface area (Å²) in [5.41, 5.74) is 0.640. The van der Waals surface area contributed by atoms with Crippen LogP contribution < -0.4 is 0 Å². The molecule has 7 nitrogen and oxygen atoms in total. The molecule has 0 aromatic heterocycles. The molecule has 0 N–H and O–H groups in total. The lowest BCUT2D eigenvalue weighted by atomic mass is 10.00. The van der Waals surface area contributed by atoms with Gasteiger partial charge in [-0.1, -0.05) is 0 Å². The number of hydrogen-bond acceptors (Lipinski definition) is 7. The molecule has 0 aromatic carbocycles. The summed E-state index contributed by atoms with van der Waals surface area (Å²) in [7, 11) is 3.75. The molecule has 7 heteroatoms. The predicted octanol–water partition coefficient (Wildman–Crippen LogP) is 1.42. The molecule has 3 aliphatic heterocycles. The molecule has 0 bridgehead atoms. The third-order valence-corrected chi connectivity index (χ3v) is 4.28. The largest absolute Gasteiger partial charge is 0.456 e. The van der Waals surface area contributed by atoms with E-state index in [2.05, 4.69) is 0 Å². The van der Waals surface area contributed by atoms with E-state index in [9.17, 15) is 4.79 Å². The van der Waals surface area contributed by atoms with E-state index in [1.165, 1.54) is 0 Å². The van der Waals surface area contributed by atoms with Crippen molar-refractivity contribution in [2.45, 2.75) is 70.1 Å². The Morgan fingerprint density at radius 1 is 1.00 bits per heavy atom. The summed E-state index contributed by atoms with van der Waals surface area (Å²) in [6.45, 7) is 7.88. The molecule has 3 heterocycles. The molecule has 3 saturated heterocycles. The topological polar surface area (TPSA) is 66.5 Å². The molecule has 24 heavy (non-hydrogen) atoms. The van der Waals surface area contributed by atoms with E-state index in [1.807, 2.05) is 46.7 Å². The lowest BCUT2D eigenvalue weighted by Crippen LogP contribution is -2.43. The summed E-state index contributed by atoms with van der Waals surface area (Å²) >= 11 is 0. The normalized spacial score (nSPS) is 39.4. The van der Waals surface area contributed by atoms with Crippen LogP contribution in [0.4, 0.5) is 0 Å². The third kappa shape index (κ3) is 3.59. The number of carbonyl (C=O) groups is 1. The average molecular weight is 341 g/mol. The maximum atomic E-state index is 12.1. The monoisotopic (exact) mass is 341 g/mol. The second kappa shape index (κ2) is 5.98. The zero-order valence-corrected chi connectivity index (χ0v) is 15.2. The molecule has 0 aliphatic carbocycles. The second-order valence-electron chi connectivity index (χ2n) is 7.70. The van der Waals surface area contributed by atoms with E-state index in [4.69, 9.17) is 23.7 Å². The number of carbonyl (C=O) groups excluding carboxylic acids is 1. The fourth-order valence-electron chi connectivity index (χ4n) is 3.42. The van der Waals surface area contributed by atoms with Crippen LogP contribution in [0.2, 0.25) is 0 Å². The van der Waals surface area contributed by atoms with E-state index < -0.39 is 11.6 Å². The number of esters is 1. The van der Waals surface area contributed by atoms with Crippen molar-refractivity contribution in [3.63, 3.8) is 0 Å². The Morgan fingerprint density at radius 2 is 1.62 bits per heavy atom. The summed E-state index contributed by atoms with van der Waals surface area (Å²) in [6.07, 6.45) is 0.901. The van der Waals surface area contributed by atoms with Gasteiger partial charge in [0.2, 0.25) is 0 Å². The molecule has 4 atom stereocenters. The molecule has 0 aromatic rings. The number of cyclic esters (lactones) is 1. The first-order chi connectivity index (χ1) is 11.1. The van der Waals surface area contributed by atoms with E-state index in [0.29, 0.717) is 18.6 Å². The maximum Gasteiger partial charge on any atom is 0.336 e. The molecule has 0 amide bonds. The van der Waals surface area contributed by atoms with Gasteiger partial charge < -0.3 is 28.6 Å². The first-order valence-corrected chi connectivity index (χ1v) is 8.32. The zero-order chi connectivity index (χ0) is 17.7. The van der Waals surface area contributed by atoms with E-state index in [0.717, 1.165) is 0 Å². The second-order valence-corrected chi connectivity index (χ2v) is 7.70. The van der Waals surface area contributed by atoms with Crippen molar-refractivity contribution in [1.82, 2.24) is 4.90 Å². The van der Waals surface area contributed by atoms with Crippen molar-refractivity contribution in [2.24, 2.45) is 0 Å². The minimum Gasteiger partial charge on any atom is -0.456 e. The van der Waals surface area contributed by atoms with Crippen molar-refractivity contribution in [1.29, 1.82) is 0 Å². The van der Waals surface area contributed by atoms with E-state index in [-0.39, 0.29) is 30.4 Å². The van der Waals surface area contributed by atoms with Crippen molar-refractivity contribution in [2.75, 3.05) is 20.7 Å². The number of nitrogens with zero attached hydrogens (tertiary/aromatic N) is 1. The maximum absolute atomic E-state index is 12.1. The van der Waals surface area contributed by atoms with Gasteiger partial charge in [0, 0.05) is 26.7 Å². The van der Waals surface area contributed by atoms with Crippen LogP contribution in [0.3, 0.4) is 0 Å². The van der Waals surface area contributed by atoms with Crippen molar-refractivity contribution < 1.29 is 28.5 Å². The summed E-state index contributed by atoms with van der Waals surface area (Å²) in [4.78, 5) is 13.9. The minimum absolute atomic E-state index is 0.257. The first-order valence-electron chi connectivity index (χ1n) is 8.32. The predicted molar refractivity (Wildman–Crippen MR) is 85.0 cm³/mol. The van der Waals surface area contributed by atoms with Crippen molar-refractivity contribution in [3.8, 4) is 0 Å². The highest BCUT2D eigenvalue weighted by molar-refractivity contribution is 5.90. The molecule has 3 fully saturated rings. The Hall–Kier alpha value is -1.15. The van der Waals surface area contributed by atoms with Gasteiger partial charge in [-0.15, -0.1) is 0 Å². The van der Waals surface area contributed by atoms with Crippen LogP contribution in [-0.2, 0) is 28.5 Å². The van der Waals surface area contributed by atoms with Crippen LogP contribution in [0.15, 0.2) is 11.8 Å². The van der Waals surface area contributed by atoms with Crippen LogP contribution in [0.5, 0.6) is 0 Å². The fraction of sp³-hybridized carbons (Fsp3) is 0.824. The summed E-state index contributed by atoms with van der Waals surface area (Å²) in [5.74, 6) is -1.70. The van der Waals surface area contributed by atoms with Gasteiger partial charge in [0.25, 0.3) is 0 Å². The molecular formula is C17H27NO6. The molecule has 0 radical (unpaired) electrons. The van der Waals surface area contributed by atoms with Crippen LogP contribution in [0, 0.1) is 0 Å². The highest BCUT2D eigenvalue weighted by atomic mass is 16.8. The van der Waals surface area contributed by atoms with E-state index >= 15 is 0 Å². The minimum atomic E-state index is -0.758. The fourth-order valence-corrected chi connectivity index (χ4v) is 3.42. The van der Waals surface area contributed by atoms with Crippen LogP contribution in [0.1, 0.15) is 34.1 Å². The van der Waals surface area contributed by atoms with Crippen molar-refractivity contribution >= 4 is 5.97 Å². The van der Waals surface area contributed by atoms with Gasteiger partial charge in [0.05, 0.1) is 12.2 Å². The highest BCUT2D eigenvalue weighted by Crippen LogP contribution is 2.40. The molecular weight excluding hydrogens is 314 g/mol. The van der Waals surface area contributed by atoms with Gasteiger partial charge in [-0.2, -0.15) is 0 Å². The molecule has 0 saturated carbocycles. The van der Waals surface area contributed by atoms with Gasteiger partial charge in [-0.3, -0.25) is 0 Å². The van der Waals surface area contributed by atoms with Gasteiger partial charge in [0.1, 0.15) is 24.4 Å². The Balaban J connectivity index is 1.77. The third-order valence-electron chi connectivity index (χ3n) is 4.28. The Kier molecular flexibility index (Phi) is 4.40. The van der Waals surface area contributed by atoms with Crippen LogP contribution >= 0.6 is 0 Å². The van der Waals surface area contributed by atoms with Crippen LogP contribution in [-0.4, -0.2) is 67.6 Å². The molecule has 3 aliphatic rings. The quantitative estimate of drug-likeness (QED) is 0.568. The summed E-state index contributed by atoms with van der Waals surface area (Å²) in [6, 6.07) is 0. The van der Waals surface area contributed by atoms with Crippen LogP contribution in [0.25, 0.3) is 0 Å². The first kappa shape index (κ1) is 17.7. The average Bonchev–Trinajstić information content (AvgIpc) is 3.06. The van der Waals surface area contributed by atoms with Gasteiger partial charge in [0.15, 0.2) is 11.6 Å². The number of hydrogen-bond donors (Lipinski definition) is 0. The zero-order valence-electron chi connectivity index (χ0n) is 15.2. The molecule has 136 valence electrons. The van der Waals surface area contributed by atoms with Gasteiger partial charge in [-0.25, -0.2) is 4.79 Å². The Labute approximate surface area is 142 Å². The molecule has 0 spiro atoms. The van der Waals surface area contributed by atoms with E-state index in [1.54, 1.807) is 6.20 Å². The highest BCUT2D eigenvalue weighted by Gasteiger charge is 2.54. The standard InChI is InChI=1S/C17H27NO6/c1-16(2)20-9-12(22-16)14-13(23-17(3,4)24-14)11-7-10(8-18(5)6)15(19)21-11/h8,11-14H,7,9H2,1-6H3/b10-8+/t11-,12+,13+,14+/m0/s1. The summed E-state index contributed by atoms with van der Waals surface area (Å²) in [5, 5.41) is 0. The SMILES string of the molecule is CN(C)/C=C1\C[C@@H]([C@H]2OC(C)(C)O[C@@H]2[C@H]2COC(C)(C)O2)OC1=O. The smallest absolute Gasteiger partial charge is 0.336 e. The number of ether oxygens (including phenoxy) is 5. The molecule has 3 rings (SSSR count). The van der Waals surface area contributed by atoms with Gasteiger partial charge >= 0.3 is 5.97 Å². The summed E-state index contributed by atoms with van der Waals surface area (Å²) < 4.78 is 29.3. The Bertz CT molecular complexity index is 541. The van der Waals surface area contributed by atoms with Crippen molar-refractivity contribution in [3.05, 3.63) is 11.8 Å². The lowest BCUT2D eigenvalue weighted by molar-refractivity contribution is -0.175. The number of rotatable bonds is 3. The lowest BCUT2D eigenvalue weighted by Gasteiger charge is -2.26.